The zero-order chi connectivity index (χ0) is 21.4. The SMILES string of the molecule is Cc1ccc(C(=O)NCCCOCc2ccccc2)cc1S(=O)(=O)N1CCCCC1. The Morgan fingerprint density at radius 2 is 1.80 bits per heavy atom. The number of piperidine rings is 1. The Morgan fingerprint density at radius 1 is 1.07 bits per heavy atom. The first-order chi connectivity index (χ1) is 14.5. The predicted molar refractivity (Wildman–Crippen MR) is 117 cm³/mol. The van der Waals surface area contributed by atoms with E-state index in [-0.39, 0.29) is 10.8 Å². The average molecular weight is 431 g/mol. The van der Waals surface area contributed by atoms with Crippen LogP contribution in [0.1, 0.15) is 47.2 Å². The minimum Gasteiger partial charge on any atom is -0.377 e. The number of carbonyl (C=O) groups is 1. The van der Waals surface area contributed by atoms with Gasteiger partial charge in [-0.1, -0.05) is 42.8 Å². The van der Waals surface area contributed by atoms with Gasteiger partial charge in [0, 0.05) is 31.8 Å². The number of aryl methyl sites for hydroxylation is 1. The van der Waals surface area contributed by atoms with Gasteiger partial charge in [-0.25, -0.2) is 8.42 Å². The van der Waals surface area contributed by atoms with Crippen molar-refractivity contribution in [3.05, 3.63) is 65.2 Å². The number of amides is 1. The summed E-state index contributed by atoms with van der Waals surface area (Å²) in [5.41, 5.74) is 2.14. The van der Waals surface area contributed by atoms with E-state index in [4.69, 9.17) is 4.74 Å². The molecule has 2 aromatic rings. The van der Waals surface area contributed by atoms with Gasteiger partial charge in [-0.3, -0.25) is 4.79 Å². The second kappa shape index (κ2) is 10.7. The van der Waals surface area contributed by atoms with Crippen LogP contribution in [0.5, 0.6) is 0 Å². The lowest BCUT2D eigenvalue weighted by Crippen LogP contribution is -2.36. The lowest BCUT2D eigenvalue weighted by molar-refractivity contribution is 0.0934. The fourth-order valence-corrected chi connectivity index (χ4v) is 5.27. The molecule has 6 nitrogen and oxygen atoms in total. The molecule has 1 heterocycles. The molecule has 0 unspecified atom stereocenters. The summed E-state index contributed by atoms with van der Waals surface area (Å²) in [6.45, 7) is 4.41. The Balaban J connectivity index is 1.51. The number of benzene rings is 2. The van der Waals surface area contributed by atoms with Crippen molar-refractivity contribution >= 4 is 15.9 Å². The Labute approximate surface area is 179 Å². The van der Waals surface area contributed by atoms with Crippen molar-refractivity contribution in [2.75, 3.05) is 26.2 Å². The Kier molecular flexibility index (Phi) is 8.01. The molecule has 162 valence electrons. The molecular formula is C23H30N2O4S. The highest BCUT2D eigenvalue weighted by Crippen LogP contribution is 2.24. The van der Waals surface area contributed by atoms with Crippen LogP contribution < -0.4 is 5.32 Å². The van der Waals surface area contributed by atoms with Crippen molar-refractivity contribution in [3.63, 3.8) is 0 Å². The van der Waals surface area contributed by atoms with Gasteiger partial charge < -0.3 is 10.1 Å². The molecule has 1 N–H and O–H groups in total. The van der Waals surface area contributed by atoms with Gasteiger partial charge in [0.25, 0.3) is 5.91 Å². The highest BCUT2D eigenvalue weighted by Gasteiger charge is 2.28. The first-order valence-corrected chi connectivity index (χ1v) is 11.9. The highest BCUT2D eigenvalue weighted by molar-refractivity contribution is 7.89. The molecule has 1 aliphatic heterocycles. The van der Waals surface area contributed by atoms with Gasteiger partial charge in [-0.2, -0.15) is 4.31 Å². The molecule has 0 aliphatic carbocycles. The van der Waals surface area contributed by atoms with Crippen LogP contribution in [0.15, 0.2) is 53.4 Å². The molecule has 0 saturated carbocycles. The topological polar surface area (TPSA) is 75.7 Å². The standard InChI is InChI=1S/C23H30N2O4S/c1-19-11-12-21(17-22(19)30(27,28)25-14-6-3-7-15-25)23(26)24-13-8-16-29-18-20-9-4-2-5-10-20/h2,4-5,9-12,17H,3,6-8,13-16,18H2,1H3,(H,24,26). The van der Waals surface area contributed by atoms with E-state index in [1.54, 1.807) is 19.1 Å². The number of nitrogens with one attached hydrogen (secondary N) is 1. The van der Waals surface area contributed by atoms with Gasteiger partial charge in [0.1, 0.15) is 0 Å². The van der Waals surface area contributed by atoms with Crippen LogP contribution in [-0.4, -0.2) is 44.9 Å². The summed E-state index contributed by atoms with van der Waals surface area (Å²) >= 11 is 0. The van der Waals surface area contributed by atoms with Gasteiger partial charge in [0.2, 0.25) is 10.0 Å². The molecule has 0 bridgehead atoms. The summed E-state index contributed by atoms with van der Waals surface area (Å²) in [5.74, 6) is -0.270. The fourth-order valence-electron chi connectivity index (χ4n) is 3.51. The fraction of sp³-hybridized carbons (Fsp3) is 0.435. The van der Waals surface area contributed by atoms with E-state index in [0.29, 0.717) is 50.4 Å². The molecule has 0 atom stereocenters. The lowest BCUT2D eigenvalue weighted by atomic mass is 10.1. The zero-order valence-electron chi connectivity index (χ0n) is 17.5. The van der Waals surface area contributed by atoms with Gasteiger partial charge in [-0.05, 0) is 49.4 Å². The normalized spacial score (nSPS) is 15.1. The second-order valence-corrected chi connectivity index (χ2v) is 9.50. The molecule has 1 fully saturated rings. The smallest absolute Gasteiger partial charge is 0.251 e. The van der Waals surface area contributed by atoms with Crippen molar-refractivity contribution in [2.45, 2.75) is 44.1 Å². The van der Waals surface area contributed by atoms with Crippen molar-refractivity contribution in [2.24, 2.45) is 0 Å². The number of nitrogens with zero attached hydrogens (tertiary/aromatic N) is 1. The van der Waals surface area contributed by atoms with E-state index in [0.717, 1.165) is 24.8 Å². The number of ether oxygens (including phenoxy) is 1. The molecule has 1 aliphatic rings. The Hall–Kier alpha value is -2.22. The monoisotopic (exact) mass is 430 g/mol. The third-order valence-electron chi connectivity index (χ3n) is 5.25. The Morgan fingerprint density at radius 3 is 2.53 bits per heavy atom. The van der Waals surface area contributed by atoms with Gasteiger partial charge in [-0.15, -0.1) is 0 Å². The maximum absolute atomic E-state index is 13.0. The third-order valence-corrected chi connectivity index (χ3v) is 7.29. The second-order valence-electron chi connectivity index (χ2n) is 7.59. The van der Waals surface area contributed by atoms with Crippen molar-refractivity contribution in [1.29, 1.82) is 0 Å². The van der Waals surface area contributed by atoms with Crippen LogP contribution in [0.3, 0.4) is 0 Å². The highest BCUT2D eigenvalue weighted by atomic mass is 32.2. The van der Waals surface area contributed by atoms with Crippen molar-refractivity contribution < 1.29 is 17.9 Å². The van der Waals surface area contributed by atoms with E-state index in [9.17, 15) is 13.2 Å². The number of sulfonamides is 1. The summed E-state index contributed by atoms with van der Waals surface area (Å²) in [7, 11) is -3.57. The molecule has 3 rings (SSSR count). The number of hydrogen-bond acceptors (Lipinski definition) is 4. The molecule has 30 heavy (non-hydrogen) atoms. The lowest BCUT2D eigenvalue weighted by Gasteiger charge is -2.26. The van der Waals surface area contributed by atoms with Gasteiger partial charge in [0.15, 0.2) is 0 Å². The molecule has 7 heteroatoms. The molecule has 2 aromatic carbocycles. The summed E-state index contributed by atoms with van der Waals surface area (Å²) < 4.78 is 33.2. The van der Waals surface area contributed by atoms with Crippen molar-refractivity contribution in [3.8, 4) is 0 Å². The van der Waals surface area contributed by atoms with Gasteiger partial charge >= 0.3 is 0 Å². The number of hydrogen-bond donors (Lipinski definition) is 1. The van der Waals surface area contributed by atoms with E-state index in [2.05, 4.69) is 5.32 Å². The summed E-state index contributed by atoms with van der Waals surface area (Å²) in [4.78, 5) is 12.7. The molecule has 0 aromatic heterocycles. The quantitative estimate of drug-likeness (QED) is 0.618. The third kappa shape index (κ3) is 5.90. The zero-order valence-corrected chi connectivity index (χ0v) is 18.3. The predicted octanol–water partition coefficient (Wildman–Crippen LogP) is 3.51. The van der Waals surface area contributed by atoms with E-state index in [1.807, 2.05) is 30.3 Å². The first kappa shape index (κ1) is 22.5. The molecule has 0 spiro atoms. The minimum atomic E-state index is -3.57. The Bertz CT molecular complexity index is 939. The van der Waals surface area contributed by atoms with Crippen LogP contribution in [0.4, 0.5) is 0 Å². The summed E-state index contributed by atoms with van der Waals surface area (Å²) in [5, 5.41) is 2.85. The van der Waals surface area contributed by atoms with Crippen LogP contribution in [0, 0.1) is 6.92 Å². The first-order valence-electron chi connectivity index (χ1n) is 10.5. The van der Waals surface area contributed by atoms with Crippen LogP contribution in [0.25, 0.3) is 0 Å². The maximum atomic E-state index is 13.0. The van der Waals surface area contributed by atoms with Gasteiger partial charge in [0.05, 0.1) is 11.5 Å². The number of rotatable bonds is 9. The van der Waals surface area contributed by atoms with Crippen LogP contribution >= 0.6 is 0 Å². The molecule has 0 radical (unpaired) electrons. The van der Waals surface area contributed by atoms with E-state index < -0.39 is 10.0 Å². The molecule has 1 saturated heterocycles. The average Bonchev–Trinajstić information content (AvgIpc) is 2.77. The summed E-state index contributed by atoms with van der Waals surface area (Å²) in [6, 6.07) is 14.8. The van der Waals surface area contributed by atoms with Crippen LogP contribution in [0.2, 0.25) is 0 Å². The molecular weight excluding hydrogens is 400 g/mol. The largest absolute Gasteiger partial charge is 0.377 e. The summed E-state index contributed by atoms with van der Waals surface area (Å²) in [6.07, 6.45) is 3.50. The molecule has 1 amide bonds. The maximum Gasteiger partial charge on any atom is 0.251 e. The van der Waals surface area contributed by atoms with Crippen molar-refractivity contribution in [1.82, 2.24) is 9.62 Å². The number of carbonyl (C=O) groups excluding carboxylic acids is 1. The van der Waals surface area contributed by atoms with Crippen LogP contribution in [-0.2, 0) is 21.4 Å². The minimum absolute atomic E-state index is 0.225. The van der Waals surface area contributed by atoms with E-state index >= 15 is 0 Å². The van der Waals surface area contributed by atoms with E-state index in [1.165, 1.54) is 10.4 Å².